The molecule has 0 spiro atoms. The van der Waals surface area contributed by atoms with E-state index < -0.39 is 36.6 Å². The fourth-order valence-electron chi connectivity index (χ4n) is 3.71. The lowest BCUT2D eigenvalue weighted by atomic mass is 9.96. The minimum Gasteiger partial charge on any atom is -0.497 e. The average molecular weight is 472 g/mol. The molecule has 0 aromatic heterocycles. The highest BCUT2D eigenvalue weighted by Gasteiger charge is 2.47. The minimum absolute atomic E-state index is 0.128. The van der Waals surface area contributed by atoms with Crippen LogP contribution in [0.5, 0.6) is 5.75 Å². The maximum Gasteiger partial charge on any atom is 0.338 e. The third-order valence-corrected chi connectivity index (χ3v) is 5.38. The molecule has 1 heterocycles. The highest BCUT2D eigenvalue weighted by Crippen LogP contribution is 2.30. The lowest BCUT2D eigenvalue weighted by molar-refractivity contribution is -0.284. The molecule has 10 heteroatoms. The normalized spacial score (nSPS) is 24.1. The number of esters is 1. The number of hydrogen-bond donors (Lipinski definition) is 0. The van der Waals surface area contributed by atoms with Crippen LogP contribution in [0.15, 0.2) is 59.7 Å². The van der Waals surface area contributed by atoms with Gasteiger partial charge in [0.25, 0.3) is 0 Å². The Bertz CT molecular complexity index is 951. The third-order valence-electron chi connectivity index (χ3n) is 5.38. The van der Waals surface area contributed by atoms with Crippen molar-refractivity contribution in [1.82, 2.24) is 0 Å². The van der Waals surface area contributed by atoms with Gasteiger partial charge in [0, 0.05) is 18.6 Å². The van der Waals surface area contributed by atoms with E-state index in [1.807, 2.05) is 37.3 Å². The quantitative estimate of drug-likeness (QED) is 0.211. The summed E-state index contributed by atoms with van der Waals surface area (Å²) in [6, 6.07) is 15.2. The molecule has 0 bridgehead atoms. The van der Waals surface area contributed by atoms with Crippen molar-refractivity contribution in [2.24, 2.45) is 5.11 Å². The molecule has 1 fully saturated rings. The minimum atomic E-state index is -0.836. The molecule has 1 saturated heterocycles. The van der Waals surface area contributed by atoms with Gasteiger partial charge in [-0.1, -0.05) is 35.4 Å². The summed E-state index contributed by atoms with van der Waals surface area (Å²) in [7, 11) is 3.06. The number of carbonyl (C=O) groups excluding carboxylic acids is 1. The smallest absolute Gasteiger partial charge is 0.338 e. The highest BCUT2D eigenvalue weighted by molar-refractivity contribution is 5.89. The molecule has 0 unspecified atom stereocenters. The van der Waals surface area contributed by atoms with Crippen LogP contribution in [0.4, 0.5) is 0 Å². The van der Waals surface area contributed by atoms with E-state index in [4.69, 9.17) is 28.4 Å². The molecule has 0 aliphatic carbocycles. The molecule has 182 valence electrons. The Morgan fingerprint density at radius 2 is 1.79 bits per heavy atom. The Kier molecular flexibility index (Phi) is 9.69. The molecule has 1 aliphatic rings. The largest absolute Gasteiger partial charge is 0.497 e. The van der Waals surface area contributed by atoms with E-state index in [1.54, 1.807) is 31.4 Å². The van der Waals surface area contributed by atoms with Crippen LogP contribution in [0.25, 0.3) is 10.4 Å². The summed E-state index contributed by atoms with van der Waals surface area (Å²) in [4.78, 5) is 15.5. The van der Waals surface area contributed by atoms with Crippen LogP contribution < -0.4 is 4.74 Å². The van der Waals surface area contributed by atoms with Crippen LogP contribution in [0.2, 0.25) is 0 Å². The zero-order chi connectivity index (χ0) is 24.3. The summed E-state index contributed by atoms with van der Waals surface area (Å²) >= 11 is 0. The lowest BCUT2D eigenvalue weighted by Crippen LogP contribution is -2.60. The number of nitrogens with zero attached hydrogens (tertiary/aromatic N) is 3. The van der Waals surface area contributed by atoms with Crippen molar-refractivity contribution in [2.45, 2.75) is 44.2 Å². The molecule has 3 rings (SSSR count). The molecule has 1 aliphatic heterocycles. The summed E-state index contributed by atoms with van der Waals surface area (Å²) in [5.74, 6) is 0.223. The van der Waals surface area contributed by atoms with Crippen molar-refractivity contribution in [3.8, 4) is 5.75 Å². The van der Waals surface area contributed by atoms with Gasteiger partial charge >= 0.3 is 5.97 Å². The molecule has 2 aromatic carbocycles. The van der Waals surface area contributed by atoms with Crippen LogP contribution in [0.3, 0.4) is 0 Å². The van der Waals surface area contributed by atoms with Crippen molar-refractivity contribution in [2.75, 3.05) is 27.4 Å². The second-order valence-electron chi connectivity index (χ2n) is 7.48. The van der Waals surface area contributed by atoms with Crippen molar-refractivity contribution >= 4 is 5.97 Å². The van der Waals surface area contributed by atoms with Gasteiger partial charge in [-0.15, -0.1) is 0 Å². The number of hydrogen-bond acceptors (Lipinski definition) is 8. The maximum absolute atomic E-state index is 12.5. The number of azide groups is 1. The number of rotatable bonds is 11. The van der Waals surface area contributed by atoms with Crippen LogP contribution in [0.1, 0.15) is 22.8 Å². The number of benzene rings is 2. The van der Waals surface area contributed by atoms with E-state index in [2.05, 4.69) is 10.0 Å². The third kappa shape index (κ3) is 6.47. The van der Waals surface area contributed by atoms with E-state index in [9.17, 15) is 10.3 Å². The van der Waals surface area contributed by atoms with Crippen molar-refractivity contribution < 1.29 is 33.2 Å². The van der Waals surface area contributed by atoms with Gasteiger partial charge in [0.2, 0.25) is 0 Å². The summed E-state index contributed by atoms with van der Waals surface area (Å²) in [6.45, 7) is 2.25. The van der Waals surface area contributed by atoms with Crippen LogP contribution in [-0.2, 0) is 30.3 Å². The van der Waals surface area contributed by atoms with Gasteiger partial charge in [0.05, 0.1) is 31.4 Å². The monoisotopic (exact) mass is 471 g/mol. The first-order chi connectivity index (χ1) is 16.6. The molecule has 34 heavy (non-hydrogen) atoms. The van der Waals surface area contributed by atoms with Crippen LogP contribution >= 0.6 is 0 Å². The molecular formula is C24H29N3O7. The second-order valence-corrected chi connectivity index (χ2v) is 7.48. The van der Waals surface area contributed by atoms with Gasteiger partial charge in [0.15, 0.2) is 6.29 Å². The van der Waals surface area contributed by atoms with Crippen molar-refractivity contribution in [3.63, 3.8) is 0 Å². The van der Waals surface area contributed by atoms with E-state index in [1.165, 1.54) is 7.11 Å². The zero-order valence-corrected chi connectivity index (χ0v) is 19.4. The van der Waals surface area contributed by atoms with E-state index >= 15 is 0 Å². The standard InChI is InChI=1S/C24H29N3O7/c1-4-31-22-20(26-27-25)21(32-14-16-10-12-18(29-2)13-11-16)19(34-24(22)30-3)15-33-23(28)17-8-6-5-7-9-17/h5-13,19-22,24H,4,14-15H2,1-3H3/t19-,20-,21-,22+,24+/m1/s1. The van der Waals surface area contributed by atoms with E-state index in [0.717, 1.165) is 11.3 Å². The predicted molar refractivity (Wildman–Crippen MR) is 122 cm³/mol. The van der Waals surface area contributed by atoms with Crippen molar-refractivity contribution in [1.29, 1.82) is 0 Å². The molecule has 5 atom stereocenters. The van der Waals surface area contributed by atoms with Crippen LogP contribution in [-0.4, -0.2) is 64.0 Å². The molecule has 0 amide bonds. The van der Waals surface area contributed by atoms with E-state index in [0.29, 0.717) is 12.2 Å². The Morgan fingerprint density at radius 3 is 2.41 bits per heavy atom. The summed E-state index contributed by atoms with van der Waals surface area (Å²) < 4.78 is 34.2. The van der Waals surface area contributed by atoms with Gasteiger partial charge in [-0.25, -0.2) is 4.79 Å². The SMILES string of the molecule is CCO[C@@H]1[C@@H](OC)O[C@H](COC(=O)c2ccccc2)[C@@H](OCc2ccc(OC)cc2)[C@H]1N=[N+]=[N-]. The van der Waals surface area contributed by atoms with Gasteiger partial charge < -0.3 is 28.4 Å². The van der Waals surface area contributed by atoms with Gasteiger partial charge in [-0.3, -0.25) is 0 Å². The molecular weight excluding hydrogens is 442 g/mol. The Hall–Kier alpha value is -3.14. The zero-order valence-electron chi connectivity index (χ0n) is 19.4. The average Bonchev–Trinajstić information content (AvgIpc) is 2.88. The second kappa shape index (κ2) is 12.9. The van der Waals surface area contributed by atoms with Crippen molar-refractivity contribution in [3.05, 3.63) is 76.2 Å². The van der Waals surface area contributed by atoms with Crippen LogP contribution in [0, 0.1) is 0 Å². The number of carbonyl (C=O) groups is 1. The fraction of sp³-hybridized carbons (Fsp3) is 0.458. The Balaban J connectivity index is 1.80. The fourth-order valence-corrected chi connectivity index (χ4v) is 3.71. The van der Waals surface area contributed by atoms with E-state index in [-0.39, 0.29) is 13.2 Å². The summed E-state index contributed by atoms with van der Waals surface area (Å²) in [5, 5.41) is 3.95. The first-order valence-electron chi connectivity index (χ1n) is 10.9. The molecule has 0 radical (unpaired) electrons. The Labute approximate surface area is 198 Å². The first-order valence-corrected chi connectivity index (χ1v) is 10.9. The highest BCUT2D eigenvalue weighted by atomic mass is 16.7. The lowest BCUT2D eigenvalue weighted by Gasteiger charge is -2.43. The first kappa shape index (κ1) is 25.5. The van der Waals surface area contributed by atoms with Gasteiger partial charge in [-0.05, 0) is 42.3 Å². The predicted octanol–water partition coefficient (Wildman–Crippen LogP) is 3.89. The maximum atomic E-state index is 12.5. The number of methoxy groups -OCH3 is 2. The molecule has 0 N–H and O–H groups in total. The molecule has 2 aromatic rings. The van der Waals surface area contributed by atoms with Gasteiger partial charge in [0.1, 0.15) is 24.6 Å². The summed E-state index contributed by atoms with van der Waals surface area (Å²) in [5.41, 5.74) is 10.5. The topological polar surface area (TPSA) is 121 Å². The summed E-state index contributed by atoms with van der Waals surface area (Å²) in [6.07, 6.45) is -3.06. The molecule has 10 nitrogen and oxygen atoms in total. The Morgan fingerprint density at radius 1 is 1.06 bits per heavy atom. The molecule has 0 saturated carbocycles. The van der Waals surface area contributed by atoms with Gasteiger partial charge in [-0.2, -0.15) is 0 Å². The number of ether oxygens (including phenoxy) is 6.